The first-order chi connectivity index (χ1) is 13.3. The SMILES string of the molecule is Cc1ccc(C(=O)[C@H](OC(=O)c2nc(Cl)ccc2Cl)c2ccc(C)cc2)cc1. The molecule has 1 heterocycles. The molecule has 4 nitrogen and oxygen atoms in total. The number of carbonyl (C=O) groups excluding carboxylic acids is 2. The van der Waals surface area contributed by atoms with Gasteiger partial charge in [-0.1, -0.05) is 82.9 Å². The van der Waals surface area contributed by atoms with E-state index >= 15 is 0 Å². The Kier molecular flexibility index (Phi) is 6.12. The van der Waals surface area contributed by atoms with Crippen molar-refractivity contribution in [3.8, 4) is 0 Å². The topological polar surface area (TPSA) is 56.3 Å². The second-order valence-electron chi connectivity index (χ2n) is 6.39. The van der Waals surface area contributed by atoms with Gasteiger partial charge in [0.25, 0.3) is 0 Å². The second-order valence-corrected chi connectivity index (χ2v) is 7.19. The van der Waals surface area contributed by atoms with Gasteiger partial charge in [-0.15, -0.1) is 0 Å². The van der Waals surface area contributed by atoms with Crippen LogP contribution in [0.2, 0.25) is 10.2 Å². The highest BCUT2D eigenvalue weighted by atomic mass is 35.5. The van der Waals surface area contributed by atoms with Crippen LogP contribution in [0.25, 0.3) is 0 Å². The summed E-state index contributed by atoms with van der Waals surface area (Å²) in [6, 6.07) is 17.2. The van der Waals surface area contributed by atoms with Crippen molar-refractivity contribution < 1.29 is 14.3 Å². The number of esters is 1. The Hall–Kier alpha value is -2.69. The van der Waals surface area contributed by atoms with Gasteiger partial charge in [0.2, 0.25) is 5.78 Å². The van der Waals surface area contributed by atoms with Crippen molar-refractivity contribution in [3.05, 3.63) is 98.8 Å². The molecule has 0 N–H and O–H groups in total. The predicted octanol–water partition coefficient (Wildman–Crippen LogP) is 5.79. The number of hydrogen-bond acceptors (Lipinski definition) is 4. The molecular weight excluding hydrogens is 397 g/mol. The molecule has 0 saturated heterocycles. The summed E-state index contributed by atoms with van der Waals surface area (Å²) in [5.74, 6) is -1.16. The lowest BCUT2D eigenvalue weighted by Crippen LogP contribution is -2.21. The Morgan fingerprint density at radius 3 is 2.04 bits per heavy atom. The Morgan fingerprint density at radius 1 is 0.857 bits per heavy atom. The zero-order valence-electron chi connectivity index (χ0n) is 15.3. The van der Waals surface area contributed by atoms with Crippen molar-refractivity contribution in [1.82, 2.24) is 4.98 Å². The lowest BCUT2D eigenvalue weighted by atomic mass is 9.98. The summed E-state index contributed by atoms with van der Waals surface area (Å²) in [4.78, 5) is 29.7. The number of benzene rings is 2. The maximum absolute atomic E-state index is 13.1. The molecule has 1 aromatic heterocycles. The third-order valence-electron chi connectivity index (χ3n) is 4.18. The van der Waals surface area contributed by atoms with E-state index in [0.717, 1.165) is 11.1 Å². The Balaban J connectivity index is 1.97. The minimum Gasteiger partial charge on any atom is -0.444 e. The summed E-state index contributed by atoms with van der Waals surface area (Å²) in [7, 11) is 0. The number of pyridine rings is 1. The molecule has 0 aliphatic carbocycles. The summed E-state index contributed by atoms with van der Waals surface area (Å²) in [5.41, 5.74) is 2.91. The fourth-order valence-electron chi connectivity index (χ4n) is 2.61. The van der Waals surface area contributed by atoms with Crippen LogP contribution in [0.5, 0.6) is 0 Å². The first-order valence-electron chi connectivity index (χ1n) is 8.55. The van der Waals surface area contributed by atoms with Crippen LogP contribution in [0, 0.1) is 13.8 Å². The summed E-state index contributed by atoms with van der Waals surface area (Å²) in [5, 5.41) is 0.202. The predicted molar refractivity (Wildman–Crippen MR) is 109 cm³/mol. The molecule has 0 saturated carbocycles. The molecule has 0 radical (unpaired) electrons. The van der Waals surface area contributed by atoms with Crippen molar-refractivity contribution in [2.45, 2.75) is 20.0 Å². The second kappa shape index (κ2) is 8.55. The summed E-state index contributed by atoms with van der Waals surface area (Å²) in [6.45, 7) is 3.86. The molecule has 0 unspecified atom stereocenters. The monoisotopic (exact) mass is 413 g/mol. The molecule has 3 rings (SSSR count). The molecule has 0 amide bonds. The van der Waals surface area contributed by atoms with E-state index in [9.17, 15) is 9.59 Å². The molecule has 2 aromatic carbocycles. The number of hydrogen-bond donors (Lipinski definition) is 0. The van der Waals surface area contributed by atoms with E-state index in [0.29, 0.717) is 11.1 Å². The summed E-state index contributed by atoms with van der Waals surface area (Å²) >= 11 is 11.9. The molecule has 6 heteroatoms. The van der Waals surface area contributed by atoms with Gasteiger partial charge < -0.3 is 4.74 Å². The number of halogens is 2. The van der Waals surface area contributed by atoms with E-state index in [1.165, 1.54) is 12.1 Å². The number of carbonyl (C=O) groups is 2. The zero-order chi connectivity index (χ0) is 20.3. The highest BCUT2D eigenvalue weighted by Crippen LogP contribution is 2.26. The van der Waals surface area contributed by atoms with Crippen molar-refractivity contribution in [2.24, 2.45) is 0 Å². The number of ketones is 1. The average molecular weight is 414 g/mol. The van der Waals surface area contributed by atoms with E-state index in [-0.39, 0.29) is 21.7 Å². The zero-order valence-corrected chi connectivity index (χ0v) is 16.8. The molecule has 1 atom stereocenters. The van der Waals surface area contributed by atoms with Crippen LogP contribution < -0.4 is 0 Å². The molecular formula is C22H17Cl2NO3. The molecule has 0 aliphatic heterocycles. The third-order valence-corrected chi connectivity index (χ3v) is 4.70. The molecule has 3 aromatic rings. The number of ether oxygens (including phenoxy) is 1. The van der Waals surface area contributed by atoms with Crippen molar-refractivity contribution >= 4 is 35.0 Å². The van der Waals surface area contributed by atoms with E-state index in [1.807, 2.05) is 38.1 Å². The first kappa shape index (κ1) is 20.1. The average Bonchev–Trinajstić information content (AvgIpc) is 2.68. The highest BCUT2D eigenvalue weighted by molar-refractivity contribution is 6.34. The van der Waals surface area contributed by atoms with Gasteiger partial charge in [-0.25, -0.2) is 9.78 Å². The van der Waals surface area contributed by atoms with Gasteiger partial charge in [-0.3, -0.25) is 4.79 Å². The van der Waals surface area contributed by atoms with Gasteiger partial charge >= 0.3 is 5.97 Å². The van der Waals surface area contributed by atoms with Crippen molar-refractivity contribution in [3.63, 3.8) is 0 Å². The van der Waals surface area contributed by atoms with Gasteiger partial charge in [0.1, 0.15) is 5.15 Å². The standard InChI is InChI=1S/C22H17Cl2NO3/c1-13-3-7-15(8-4-13)20(26)21(16-9-5-14(2)6-10-16)28-22(27)19-17(23)11-12-18(24)25-19/h3-12,21H,1-2H3/t21-/m1/s1. The van der Waals surface area contributed by atoms with Gasteiger partial charge in [0.15, 0.2) is 11.8 Å². The van der Waals surface area contributed by atoms with Gasteiger partial charge in [0, 0.05) is 11.1 Å². The quantitative estimate of drug-likeness (QED) is 0.301. The van der Waals surface area contributed by atoms with Crippen LogP contribution in [0.4, 0.5) is 0 Å². The van der Waals surface area contributed by atoms with E-state index in [1.54, 1.807) is 24.3 Å². The third kappa shape index (κ3) is 4.58. The van der Waals surface area contributed by atoms with Crippen molar-refractivity contribution in [1.29, 1.82) is 0 Å². The van der Waals surface area contributed by atoms with Crippen LogP contribution in [-0.2, 0) is 4.74 Å². The maximum atomic E-state index is 13.1. The molecule has 0 bridgehead atoms. The normalized spacial score (nSPS) is 11.7. The summed E-state index contributed by atoms with van der Waals surface area (Å²) in [6.07, 6.45) is -1.13. The Bertz CT molecular complexity index is 1010. The highest BCUT2D eigenvalue weighted by Gasteiger charge is 2.28. The molecule has 0 spiro atoms. The number of aryl methyl sites for hydroxylation is 2. The smallest absolute Gasteiger partial charge is 0.359 e. The van der Waals surface area contributed by atoms with Gasteiger partial charge in [-0.05, 0) is 26.0 Å². The van der Waals surface area contributed by atoms with E-state index in [4.69, 9.17) is 27.9 Å². The van der Waals surface area contributed by atoms with Crippen LogP contribution in [0.3, 0.4) is 0 Å². The number of Topliss-reactive ketones (excluding diaryl/α,β-unsaturated/α-hetero) is 1. The minimum absolute atomic E-state index is 0.0971. The van der Waals surface area contributed by atoms with Crippen LogP contribution in [0.15, 0.2) is 60.7 Å². The fraction of sp³-hybridized carbons (Fsp3) is 0.136. The Labute approximate surface area is 173 Å². The Morgan fingerprint density at radius 2 is 1.43 bits per heavy atom. The lowest BCUT2D eigenvalue weighted by molar-refractivity contribution is 0.0274. The van der Waals surface area contributed by atoms with Crippen molar-refractivity contribution in [2.75, 3.05) is 0 Å². The summed E-state index contributed by atoms with van der Waals surface area (Å²) < 4.78 is 5.55. The number of aromatic nitrogens is 1. The number of rotatable bonds is 5. The molecule has 0 fully saturated rings. The van der Waals surface area contributed by atoms with Crippen LogP contribution in [-0.4, -0.2) is 16.7 Å². The molecule has 28 heavy (non-hydrogen) atoms. The fourth-order valence-corrected chi connectivity index (χ4v) is 2.94. The maximum Gasteiger partial charge on any atom is 0.359 e. The molecule has 0 aliphatic rings. The van der Waals surface area contributed by atoms with E-state index in [2.05, 4.69) is 4.98 Å². The van der Waals surface area contributed by atoms with E-state index < -0.39 is 12.1 Å². The lowest BCUT2D eigenvalue weighted by Gasteiger charge is -2.18. The van der Waals surface area contributed by atoms with Gasteiger partial charge in [-0.2, -0.15) is 0 Å². The van der Waals surface area contributed by atoms with Gasteiger partial charge in [0.05, 0.1) is 5.02 Å². The van der Waals surface area contributed by atoms with Crippen LogP contribution in [0.1, 0.15) is 43.6 Å². The molecule has 142 valence electrons. The minimum atomic E-state index is -1.13. The largest absolute Gasteiger partial charge is 0.444 e. The first-order valence-corrected chi connectivity index (χ1v) is 9.31. The number of nitrogens with zero attached hydrogens (tertiary/aromatic N) is 1. The van der Waals surface area contributed by atoms with Crippen LogP contribution >= 0.6 is 23.2 Å².